The summed E-state index contributed by atoms with van der Waals surface area (Å²) in [6.07, 6.45) is 2.39. The molecule has 190 valence electrons. The monoisotopic (exact) mass is 529 g/mol. The second kappa shape index (κ2) is 10.3. The average molecular weight is 530 g/mol. The van der Waals surface area contributed by atoms with Gasteiger partial charge in [-0.05, 0) is 47.4 Å². The zero-order valence-electron chi connectivity index (χ0n) is 19.5. The number of nitrogens with one attached hydrogen (secondary N) is 3. The molecule has 12 heteroatoms. The molecule has 1 aliphatic heterocycles. The molecule has 3 aromatic rings. The summed E-state index contributed by atoms with van der Waals surface area (Å²) in [6, 6.07) is 9.95. The van der Waals surface area contributed by atoms with Crippen molar-refractivity contribution >= 4 is 33.2 Å². The lowest BCUT2D eigenvalue weighted by Crippen LogP contribution is -2.31. The first-order valence-electron chi connectivity index (χ1n) is 11.7. The fourth-order valence-electron chi connectivity index (χ4n) is 4.77. The quantitative estimate of drug-likeness (QED) is 0.321. The van der Waals surface area contributed by atoms with Crippen molar-refractivity contribution in [3.8, 4) is 0 Å². The predicted octanol–water partition coefficient (Wildman–Crippen LogP) is 1.79. The Morgan fingerprint density at radius 3 is 2.94 bits per heavy atom. The van der Waals surface area contributed by atoms with Crippen LogP contribution in [0.25, 0.3) is 0 Å². The number of nitrogens with zero attached hydrogens (tertiary/aromatic N) is 2. The minimum atomic E-state index is -3.94. The molecule has 1 aromatic carbocycles. The molecule has 0 saturated heterocycles. The zero-order valence-corrected chi connectivity index (χ0v) is 21.2. The van der Waals surface area contributed by atoms with Gasteiger partial charge in [0.25, 0.3) is 0 Å². The highest BCUT2D eigenvalue weighted by Crippen LogP contribution is 2.33. The van der Waals surface area contributed by atoms with Crippen LogP contribution in [0.4, 0.5) is 5.82 Å². The third-order valence-electron chi connectivity index (χ3n) is 6.56. The molecule has 0 amide bonds. The summed E-state index contributed by atoms with van der Waals surface area (Å²) in [5.74, 6) is 0.128. The molecule has 2 aromatic heterocycles. The number of carbonyl (C=O) groups excluding carboxylic acids is 1. The van der Waals surface area contributed by atoms with E-state index >= 15 is 0 Å². The van der Waals surface area contributed by atoms with Gasteiger partial charge < -0.3 is 15.7 Å². The summed E-state index contributed by atoms with van der Waals surface area (Å²) >= 11 is 1.38. The Hall–Kier alpha value is -2.74. The Morgan fingerprint density at radius 1 is 1.28 bits per heavy atom. The Balaban J connectivity index is 1.33. The number of aromatic nitrogens is 2. The topological polar surface area (TPSA) is 143 Å². The number of anilines is 1. The van der Waals surface area contributed by atoms with Crippen LogP contribution in [0.1, 0.15) is 50.8 Å². The van der Waals surface area contributed by atoms with E-state index in [2.05, 4.69) is 37.5 Å². The highest BCUT2D eigenvalue weighted by molar-refractivity contribution is 7.84. The van der Waals surface area contributed by atoms with Crippen LogP contribution in [0, 0.1) is 0 Å². The Morgan fingerprint density at radius 2 is 2.11 bits per heavy atom. The van der Waals surface area contributed by atoms with Crippen molar-refractivity contribution in [2.75, 3.05) is 18.9 Å². The van der Waals surface area contributed by atoms with Crippen molar-refractivity contribution in [2.24, 2.45) is 0 Å². The summed E-state index contributed by atoms with van der Waals surface area (Å²) in [5, 5.41) is 19.0. The molecule has 0 unspecified atom stereocenters. The maximum absolute atomic E-state index is 13.4. The van der Waals surface area contributed by atoms with Gasteiger partial charge in [-0.2, -0.15) is 13.1 Å². The molecule has 0 radical (unpaired) electrons. The van der Waals surface area contributed by atoms with Crippen LogP contribution in [0.15, 0.2) is 48.2 Å². The molecule has 1 fully saturated rings. The van der Waals surface area contributed by atoms with E-state index in [1.165, 1.54) is 42.0 Å². The Bertz CT molecular complexity index is 1360. The lowest BCUT2D eigenvalue weighted by atomic mass is 9.91. The molecule has 5 rings (SSSR count). The average Bonchev–Trinajstić information content (AvgIpc) is 3.50. The summed E-state index contributed by atoms with van der Waals surface area (Å²) in [4.78, 5) is 22.3. The molecule has 0 spiro atoms. The minimum Gasteiger partial charge on any atom is -0.390 e. The van der Waals surface area contributed by atoms with E-state index in [0.717, 1.165) is 18.5 Å². The van der Waals surface area contributed by atoms with Crippen LogP contribution in [0.3, 0.4) is 0 Å². The third kappa shape index (κ3) is 5.19. The summed E-state index contributed by atoms with van der Waals surface area (Å²) in [5.41, 5.74) is 3.88. The Labute approximate surface area is 213 Å². The van der Waals surface area contributed by atoms with E-state index in [1.54, 1.807) is 0 Å². The van der Waals surface area contributed by atoms with Gasteiger partial charge in [0.2, 0.25) is 5.78 Å². The Kier molecular flexibility index (Phi) is 7.15. The number of carbonyl (C=O) groups is 1. The second-order valence-corrected chi connectivity index (χ2v) is 11.3. The van der Waals surface area contributed by atoms with Crippen molar-refractivity contribution in [3.63, 3.8) is 0 Å². The number of hydrogen-bond acceptors (Lipinski definition) is 10. The molecule has 0 bridgehead atoms. The van der Waals surface area contributed by atoms with Gasteiger partial charge in [0.05, 0.1) is 22.6 Å². The smallest absolute Gasteiger partial charge is 0.335 e. The maximum Gasteiger partial charge on any atom is 0.335 e. The van der Waals surface area contributed by atoms with E-state index in [-0.39, 0.29) is 30.7 Å². The van der Waals surface area contributed by atoms with Crippen molar-refractivity contribution in [1.29, 1.82) is 0 Å². The van der Waals surface area contributed by atoms with Gasteiger partial charge in [0.1, 0.15) is 18.2 Å². The molecule has 3 heterocycles. The number of hydrogen-bond donors (Lipinski definition) is 4. The van der Waals surface area contributed by atoms with Gasteiger partial charge in [-0.3, -0.25) is 8.98 Å². The number of aliphatic hydroxyl groups excluding tert-OH is 1. The van der Waals surface area contributed by atoms with E-state index < -0.39 is 22.5 Å². The zero-order chi connectivity index (χ0) is 25.3. The fourth-order valence-corrected chi connectivity index (χ4v) is 6.29. The number of benzene rings is 1. The number of ketones is 1. The van der Waals surface area contributed by atoms with E-state index in [0.29, 0.717) is 16.3 Å². The first kappa shape index (κ1) is 24.9. The molecule has 2 aliphatic rings. The van der Waals surface area contributed by atoms with Crippen molar-refractivity contribution in [2.45, 2.75) is 43.6 Å². The molecule has 10 nitrogen and oxygen atoms in total. The minimum absolute atomic E-state index is 0.0307. The molecule has 1 aliphatic carbocycles. The van der Waals surface area contributed by atoms with E-state index in [4.69, 9.17) is 4.18 Å². The largest absolute Gasteiger partial charge is 0.390 e. The molecule has 36 heavy (non-hydrogen) atoms. The van der Waals surface area contributed by atoms with Gasteiger partial charge in [-0.1, -0.05) is 24.3 Å². The van der Waals surface area contributed by atoms with Crippen LogP contribution in [0.2, 0.25) is 0 Å². The predicted molar refractivity (Wildman–Crippen MR) is 135 cm³/mol. The lowest BCUT2D eigenvalue weighted by molar-refractivity contribution is 0.0636. The highest BCUT2D eigenvalue weighted by Gasteiger charge is 2.37. The van der Waals surface area contributed by atoms with Gasteiger partial charge in [-0.15, -0.1) is 11.3 Å². The number of fused-ring (bicyclic) bond motifs is 1. The molecule has 1 saturated carbocycles. The van der Waals surface area contributed by atoms with Gasteiger partial charge in [0.15, 0.2) is 0 Å². The van der Waals surface area contributed by atoms with E-state index in [1.807, 2.05) is 23.6 Å². The summed E-state index contributed by atoms with van der Waals surface area (Å²) in [6.45, 7) is 0.870. The third-order valence-corrected chi connectivity index (χ3v) is 8.50. The molecule has 4 N–H and O–H groups in total. The van der Waals surface area contributed by atoms with Crippen LogP contribution < -0.4 is 15.4 Å². The SMILES string of the molecule is CNS(=O)(=O)O[C@@H]1C[C@H](Nc2ncncc2C(=O)c2cc([C@@H]3NCCc4ccccc43)cs2)C[C@@H]1O. The van der Waals surface area contributed by atoms with Crippen LogP contribution in [-0.2, 0) is 20.9 Å². The van der Waals surface area contributed by atoms with E-state index in [9.17, 15) is 18.3 Å². The van der Waals surface area contributed by atoms with Crippen molar-refractivity contribution in [1.82, 2.24) is 20.0 Å². The molecular formula is C24H27N5O5S2. The first-order valence-corrected chi connectivity index (χ1v) is 13.9. The highest BCUT2D eigenvalue weighted by atomic mass is 32.2. The van der Waals surface area contributed by atoms with Crippen LogP contribution in [0.5, 0.6) is 0 Å². The number of thiophene rings is 1. The summed E-state index contributed by atoms with van der Waals surface area (Å²) in [7, 11) is -2.70. The second-order valence-electron chi connectivity index (χ2n) is 8.87. The molecular weight excluding hydrogens is 502 g/mol. The van der Waals surface area contributed by atoms with Crippen LogP contribution in [-0.4, -0.2) is 61.1 Å². The van der Waals surface area contributed by atoms with Crippen LogP contribution >= 0.6 is 11.3 Å². The normalized spacial score (nSPS) is 23.8. The summed E-state index contributed by atoms with van der Waals surface area (Å²) < 4.78 is 30.5. The maximum atomic E-state index is 13.4. The van der Waals surface area contributed by atoms with Gasteiger partial charge in [0, 0.05) is 25.8 Å². The first-order chi connectivity index (χ1) is 17.3. The fraction of sp³-hybridized carbons (Fsp3) is 0.375. The molecule has 4 atom stereocenters. The number of rotatable bonds is 8. The number of aliphatic hydroxyl groups is 1. The van der Waals surface area contributed by atoms with Gasteiger partial charge >= 0.3 is 10.3 Å². The van der Waals surface area contributed by atoms with Crippen molar-refractivity contribution < 1.29 is 22.5 Å². The van der Waals surface area contributed by atoms with Crippen molar-refractivity contribution in [3.05, 3.63) is 75.4 Å². The lowest BCUT2D eigenvalue weighted by Gasteiger charge is -2.26. The van der Waals surface area contributed by atoms with Gasteiger partial charge in [-0.25, -0.2) is 9.97 Å². The standard InChI is InChI=1S/C24H27N5O5S2/c1-25-36(32,33)34-20-10-16(9-19(20)30)29-24-18(11-26-13-28-24)23(31)21-8-15(12-35-21)22-17-5-3-2-4-14(17)6-7-27-22/h2-5,8,11-13,16,19-20,22,25,27,30H,6-7,9-10H2,1H3,(H,26,28,29)/t16-,19+,20-,22+/m1/s1.